The number of hydrogen-bond acceptors (Lipinski definition) is 3. The number of nitrogens with zero attached hydrogens (tertiary/aromatic N) is 1. The van der Waals surface area contributed by atoms with E-state index in [0.29, 0.717) is 27.6 Å². The van der Waals surface area contributed by atoms with Crippen molar-refractivity contribution < 1.29 is 14.6 Å². The first kappa shape index (κ1) is 14.6. The lowest BCUT2D eigenvalue weighted by Crippen LogP contribution is -1.88. The molecule has 4 nitrogen and oxygen atoms in total. The van der Waals surface area contributed by atoms with Gasteiger partial charge in [-0.1, -0.05) is 11.6 Å². The van der Waals surface area contributed by atoms with Crippen LogP contribution in [0.1, 0.15) is 11.1 Å². The van der Waals surface area contributed by atoms with Gasteiger partial charge in [-0.3, -0.25) is 0 Å². The molecule has 0 bridgehead atoms. The van der Waals surface area contributed by atoms with Crippen molar-refractivity contribution in [1.82, 2.24) is 0 Å². The van der Waals surface area contributed by atoms with E-state index in [-0.39, 0.29) is 0 Å². The second kappa shape index (κ2) is 6.60. The molecule has 1 N–H and O–H groups in total. The fourth-order valence-electron chi connectivity index (χ4n) is 1.60. The van der Waals surface area contributed by atoms with Crippen LogP contribution in [-0.2, 0) is 4.79 Å². The highest BCUT2D eigenvalue weighted by Crippen LogP contribution is 2.27. The van der Waals surface area contributed by atoms with E-state index in [1.54, 1.807) is 42.5 Å². The van der Waals surface area contributed by atoms with E-state index in [1.807, 2.05) is 6.07 Å². The summed E-state index contributed by atoms with van der Waals surface area (Å²) in [6.07, 6.45) is 2.43. The van der Waals surface area contributed by atoms with E-state index in [2.05, 4.69) is 0 Å². The van der Waals surface area contributed by atoms with Gasteiger partial charge in [0.2, 0.25) is 0 Å². The van der Waals surface area contributed by atoms with Crippen molar-refractivity contribution in [3.05, 3.63) is 64.7 Å². The second-order valence-electron chi connectivity index (χ2n) is 4.09. The summed E-state index contributed by atoms with van der Waals surface area (Å²) in [5.41, 5.74) is 1.14. The number of benzene rings is 2. The summed E-state index contributed by atoms with van der Waals surface area (Å²) < 4.78 is 5.60. The third kappa shape index (κ3) is 4.10. The van der Waals surface area contributed by atoms with Crippen LogP contribution >= 0.6 is 11.6 Å². The number of carboxylic acid groups (broad SMARTS) is 1. The lowest BCUT2D eigenvalue weighted by Gasteiger charge is -2.07. The molecule has 0 aliphatic heterocycles. The first-order valence-electron chi connectivity index (χ1n) is 5.97. The molecule has 0 saturated heterocycles. The molecule has 2 aromatic carbocycles. The first-order chi connectivity index (χ1) is 10.1. The Bertz CT molecular complexity index is 730. The molecule has 2 aromatic rings. The van der Waals surface area contributed by atoms with Gasteiger partial charge < -0.3 is 9.84 Å². The first-order valence-corrected chi connectivity index (χ1v) is 6.35. The van der Waals surface area contributed by atoms with Crippen LogP contribution in [-0.4, -0.2) is 11.1 Å². The maximum Gasteiger partial charge on any atom is 0.328 e. The Kier molecular flexibility index (Phi) is 4.60. The molecule has 0 fully saturated rings. The smallest absolute Gasteiger partial charge is 0.328 e. The summed E-state index contributed by atoms with van der Waals surface area (Å²) >= 11 is 6.06. The standard InChI is InChI=1S/C16H10ClNO3/c17-15-9-14(7-3-12(15)4-8-16(19)20)21-13-5-1-11(10-18)2-6-13/h1-9H,(H,19,20)/b8-4+. The molecule has 0 radical (unpaired) electrons. The predicted molar refractivity (Wildman–Crippen MR) is 79.4 cm³/mol. The molecule has 0 heterocycles. The van der Waals surface area contributed by atoms with Gasteiger partial charge in [0.25, 0.3) is 0 Å². The highest BCUT2D eigenvalue weighted by Gasteiger charge is 2.03. The Morgan fingerprint density at radius 2 is 1.86 bits per heavy atom. The van der Waals surface area contributed by atoms with Crippen LogP contribution in [0.15, 0.2) is 48.5 Å². The van der Waals surface area contributed by atoms with E-state index >= 15 is 0 Å². The number of nitriles is 1. The largest absolute Gasteiger partial charge is 0.478 e. The zero-order valence-corrected chi connectivity index (χ0v) is 11.5. The van der Waals surface area contributed by atoms with E-state index in [1.165, 1.54) is 6.08 Å². The molecule has 21 heavy (non-hydrogen) atoms. The van der Waals surface area contributed by atoms with Crippen LogP contribution in [0.25, 0.3) is 6.08 Å². The van der Waals surface area contributed by atoms with Gasteiger partial charge in [-0.05, 0) is 54.1 Å². The minimum Gasteiger partial charge on any atom is -0.478 e. The van der Waals surface area contributed by atoms with E-state index in [9.17, 15) is 4.79 Å². The van der Waals surface area contributed by atoms with Crippen molar-refractivity contribution in [3.63, 3.8) is 0 Å². The average molecular weight is 300 g/mol. The zero-order chi connectivity index (χ0) is 15.2. The Labute approximate surface area is 126 Å². The highest BCUT2D eigenvalue weighted by atomic mass is 35.5. The van der Waals surface area contributed by atoms with E-state index in [4.69, 9.17) is 26.7 Å². The molecule has 0 aromatic heterocycles. The average Bonchev–Trinajstić information content (AvgIpc) is 2.47. The number of rotatable bonds is 4. The van der Waals surface area contributed by atoms with Gasteiger partial charge in [0.1, 0.15) is 11.5 Å². The van der Waals surface area contributed by atoms with Gasteiger partial charge in [-0.25, -0.2) is 4.79 Å². The summed E-state index contributed by atoms with van der Waals surface area (Å²) in [6, 6.07) is 13.7. The van der Waals surface area contributed by atoms with Crippen molar-refractivity contribution in [2.75, 3.05) is 0 Å². The van der Waals surface area contributed by atoms with Gasteiger partial charge in [-0.2, -0.15) is 5.26 Å². The number of carboxylic acids is 1. The van der Waals surface area contributed by atoms with Crippen LogP contribution in [0, 0.1) is 11.3 Å². The van der Waals surface area contributed by atoms with Crippen molar-refractivity contribution >= 4 is 23.6 Å². The van der Waals surface area contributed by atoms with Gasteiger partial charge in [-0.15, -0.1) is 0 Å². The number of hydrogen-bond donors (Lipinski definition) is 1. The lowest BCUT2D eigenvalue weighted by molar-refractivity contribution is -0.131. The van der Waals surface area contributed by atoms with Gasteiger partial charge in [0.15, 0.2) is 0 Å². The molecule has 0 amide bonds. The molecule has 5 heteroatoms. The normalized spacial score (nSPS) is 10.3. The molecule has 0 unspecified atom stereocenters. The van der Waals surface area contributed by atoms with Crippen molar-refractivity contribution in [1.29, 1.82) is 5.26 Å². The van der Waals surface area contributed by atoms with Crippen LogP contribution < -0.4 is 4.74 Å². The predicted octanol–water partition coefficient (Wildman–Crippen LogP) is 4.10. The summed E-state index contributed by atoms with van der Waals surface area (Å²) in [5, 5.41) is 17.7. The summed E-state index contributed by atoms with van der Waals surface area (Å²) in [7, 11) is 0. The molecule has 0 spiro atoms. The fraction of sp³-hybridized carbons (Fsp3) is 0. The zero-order valence-electron chi connectivity index (χ0n) is 10.8. The Balaban J connectivity index is 2.16. The minimum atomic E-state index is -1.04. The van der Waals surface area contributed by atoms with Crippen molar-refractivity contribution in [2.45, 2.75) is 0 Å². The number of carbonyl (C=O) groups is 1. The Morgan fingerprint density at radius 3 is 2.43 bits per heavy atom. The SMILES string of the molecule is N#Cc1ccc(Oc2ccc(/C=C/C(=O)O)c(Cl)c2)cc1. The molecule has 0 atom stereocenters. The third-order valence-electron chi connectivity index (χ3n) is 2.60. The Hall–Kier alpha value is -2.77. The maximum absolute atomic E-state index is 10.5. The van der Waals surface area contributed by atoms with Crippen molar-refractivity contribution in [2.24, 2.45) is 0 Å². The number of aliphatic carboxylic acids is 1. The van der Waals surface area contributed by atoms with E-state index < -0.39 is 5.97 Å². The molecule has 0 aliphatic rings. The summed E-state index contributed by atoms with van der Waals surface area (Å²) in [4.78, 5) is 10.5. The van der Waals surface area contributed by atoms with E-state index in [0.717, 1.165) is 6.08 Å². The Morgan fingerprint density at radius 1 is 1.19 bits per heavy atom. The van der Waals surface area contributed by atoms with Crippen LogP contribution in [0.3, 0.4) is 0 Å². The molecule has 2 rings (SSSR count). The lowest BCUT2D eigenvalue weighted by atomic mass is 10.2. The third-order valence-corrected chi connectivity index (χ3v) is 2.92. The summed E-state index contributed by atoms with van der Waals surface area (Å²) in [6.45, 7) is 0. The topological polar surface area (TPSA) is 70.3 Å². The molecular weight excluding hydrogens is 290 g/mol. The van der Waals surface area contributed by atoms with Gasteiger partial charge in [0, 0.05) is 6.08 Å². The van der Waals surface area contributed by atoms with Crippen LogP contribution in [0.2, 0.25) is 5.02 Å². The number of halogens is 1. The number of ether oxygens (including phenoxy) is 1. The van der Waals surface area contributed by atoms with Gasteiger partial charge in [0.05, 0.1) is 16.7 Å². The van der Waals surface area contributed by atoms with Crippen LogP contribution in [0.5, 0.6) is 11.5 Å². The van der Waals surface area contributed by atoms with Gasteiger partial charge >= 0.3 is 5.97 Å². The second-order valence-corrected chi connectivity index (χ2v) is 4.50. The molecule has 0 saturated carbocycles. The molecule has 104 valence electrons. The van der Waals surface area contributed by atoms with Crippen LogP contribution in [0.4, 0.5) is 0 Å². The summed E-state index contributed by atoms with van der Waals surface area (Å²) in [5.74, 6) is 0.0695. The van der Waals surface area contributed by atoms with Crippen molar-refractivity contribution in [3.8, 4) is 17.6 Å². The molecule has 0 aliphatic carbocycles. The monoisotopic (exact) mass is 299 g/mol. The fourth-order valence-corrected chi connectivity index (χ4v) is 1.83. The maximum atomic E-state index is 10.5. The highest BCUT2D eigenvalue weighted by molar-refractivity contribution is 6.32. The molecular formula is C16H10ClNO3. The quantitative estimate of drug-likeness (QED) is 0.863. The minimum absolute atomic E-state index is 0.388.